The molecule has 238 valence electrons. The molecule has 0 unspecified atom stereocenters. The van der Waals surface area contributed by atoms with Crippen molar-refractivity contribution in [3.63, 3.8) is 0 Å². The fourth-order valence-electron chi connectivity index (χ4n) is 7.46. The summed E-state index contributed by atoms with van der Waals surface area (Å²) in [5.74, 6) is 0.399. The van der Waals surface area contributed by atoms with Crippen LogP contribution in [0.15, 0.2) is 198 Å². The highest BCUT2D eigenvalue weighted by Crippen LogP contribution is 2.51. The van der Waals surface area contributed by atoms with E-state index in [1.807, 2.05) is 127 Å². The lowest BCUT2D eigenvalue weighted by Crippen LogP contribution is -1.92. The summed E-state index contributed by atoms with van der Waals surface area (Å²) in [6.07, 6.45) is 0. The number of hydrogen-bond acceptors (Lipinski definition) is 1. The van der Waals surface area contributed by atoms with Crippen LogP contribution in [0.1, 0.15) is 11.0 Å². The van der Waals surface area contributed by atoms with Crippen molar-refractivity contribution in [3.8, 4) is 55.8 Å². The van der Waals surface area contributed by atoms with Gasteiger partial charge < -0.3 is 4.42 Å². The first-order valence-corrected chi connectivity index (χ1v) is 16.9. The predicted molar refractivity (Wildman–Crippen MR) is 216 cm³/mol. The highest BCUT2D eigenvalue weighted by Gasteiger charge is 2.25. The maximum Gasteiger partial charge on any atom is 0.143 e. The average molecular weight is 657 g/mol. The van der Waals surface area contributed by atoms with Crippen LogP contribution in [-0.4, -0.2) is 0 Å². The van der Waals surface area contributed by atoms with Crippen molar-refractivity contribution in [2.45, 2.75) is 0 Å². The molecule has 0 aliphatic rings. The highest BCUT2D eigenvalue weighted by molar-refractivity contribution is 6.25. The van der Waals surface area contributed by atoms with Crippen molar-refractivity contribution < 1.29 is 15.4 Å². The van der Waals surface area contributed by atoms with E-state index in [1.165, 1.54) is 0 Å². The molecule has 10 aromatic rings. The summed E-state index contributed by atoms with van der Waals surface area (Å²) in [7, 11) is 0. The minimum Gasteiger partial charge on any atom is -0.455 e. The Labute approximate surface area is 307 Å². The molecule has 0 radical (unpaired) electrons. The second-order valence-electron chi connectivity index (χ2n) is 12.6. The smallest absolute Gasteiger partial charge is 0.143 e. The van der Waals surface area contributed by atoms with Gasteiger partial charge in [-0.05, 0) is 60.1 Å². The highest BCUT2D eigenvalue weighted by atomic mass is 16.3. The van der Waals surface area contributed by atoms with Crippen molar-refractivity contribution in [3.05, 3.63) is 194 Å². The van der Waals surface area contributed by atoms with Crippen LogP contribution in [0.4, 0.5) is 0 Å². The number of hydrogen-bond donors (Lipinski definition) is 0. The first-order chi connectivity index (χ1) is 28.7. The number of fused-ring (bicyclic) bond motifs is 4. The second-order valence-corrected chi connectivity index (χ2v) is 12.6. The van der Waals surface area contributed by atoms with Crippen molar-refractivity contribution in [1.82, 2.24) is 0 Å². The van der Waals surface area contributed by atoms with E-state index in [4.69, 9.17) is 9.90 Å². The first kappa shape index (κ1) is 22.1. The zero-order chi connectivity index (χ0) is 40.7. The zero-order valence-corrected chi connectivity index (χ0v) is 27.3. The Kier molecular flexibility index (Phi) is 5.21. The zero-order valence-electron chi connectivity index (χ0n) is 35.3. The maximum atomic E-state index is 9.61. The van der Waals surface area contributed by atoms with Gasteiger partial charge in [-0.2, -0.15) is 0 Å². The van der Waals surface area contributed by atoms with Crippen molar-refractivity contribution in [2.75, 3.05) is 0 Å². The molecule has 1 nitrogen and oxygen atoms in total. The molecule has 0 amide bonds. The monoisotopic (exact) mass is 656 g/mol. The van der Waals surface area contributed by atoms with E-state index in [0.29, 0.717) is 39.0 Å². The Balaban J connectivity index is 1.42. The number of furan rings is 1. The van der Waals surface area contributed by atoms with Crippen molar-refractivity contribution in [1.29, 1.82) is 0 Å². The lowest BCUT2D eigenvalue weighted by Gasteiger charge is -2.18. The minimum absolute atomic E-state index is 0.131. The Hall–Kier alpha value is -6.70. The van der Waals surface area contributed by atoms with E-state index in [-0.39, 0.29) is 51.3 Å². The predicted octanol–water partition coefficient (Wildman–Crippen LogP) is 14.2. The molecule has 10 rings (SSSR count). The van der Waals surface area contributed by atoms with Crippen molar-refractivity contribution in [2.24, 2.45) is 0 Å². The maximum absolute atomic E-state index is 9.61. The van der Waals surface area contributed by atoms with Crippen LogP contribution in [0.2, 0.25) is 0 Å². The van der Waals surface area contributed by atoms with Gasteiger partial charge in [-0.3, -0.25) is 0 Å². The van der Waals surface area contributed by atoms with Gasteiger partial charge in [0.15, 0.2) is 0 Å². The summed E-state index contributed by atoms with van der Waals surface area (Å²) in [6, 6.07) is 43.7. The van der Waals surface area contributed by atoms with E-state index in [0.717, 1.165) is 33.0 Å². The van der Waals surface area contributed by atoms with Crippen LogP contribution in [0, 0.1) is 0 Å². The summed E-state index contributed by atoms with van der Waals surface area (Å²) < 4.78 is 81.1. The van der Waals surface area contributed by atoms with Crippen LogP contribution in [0.25, 0.3) is 99.1 Å². The first-order valence-electron chi connectivity index (χ1n) is 20.9. The molecule has 9 aromatic carbocycles. The van der Waals surface area contributed by atoms with E-state index < -0.39 is 24.2 Å². The normalized spacial score (nSPS) is 13.7. The third-order valence-corrected chi connectivity index (χ3v) is 9.74. The molecule has 0 N–H and O–H groups in total. The van der Waals surface area contributed by atoms with Gasteiger partial charge in [0.05, 0.1) is 11.0 Å². The molecule has 0 atom stereocenters. The molecule has 1 aromatic heterocycles. The molecule has 0 aliphatic heterocycles. The number of benzene rings is 9. The standard InChI is InChI=1S/C50H32O/c1-3-15-33(16-4-1)34-29-31-36(32-30-34)46-40-22-9-11-24-42(40)47(43-25-12-10-23-41(43)46)48-45-28-14-27-44(39-26-13-20-35-17-7-8-21-38(35)39)50(45)51-49(48)37-18-5-2-6-19-37/h1-32H/i9D,10D,11D,12D,22D,23D,24D,25D. The molecule has 51 heavy (non-hydrogen) atoms. The Morgan fingerprint density at radius 3 is 1.51 bits per heavy atom. The SMILES string of the molecule is [2H]c1c([2H])c([2H])c2c(-c3c(-c4ccccc4)oc4c(-c5cccc6ccccc56)cccc34)c3c([2H])c([2H])c([2H])c([2H])c3c(-c3ccc(-c4ccccc4)cc3)c2c1[2H]. The molecule has 0 fully saturated rings. The molecule has 0 aliphatic carbocycles. The Morgan fingerprint density at radius 2 is 0.824 bits per heavy atom. The molecule has 1 heteroatoms. The fourth-order valence-corrected chi connectivity index (χ4v) is 7.46. The van der Waals surface area contributed by atoms with Gasteiger partial charge in [-0.1, -0.05) is 194 Å². The summed E-state index contributed by atoms with van der Waals surface area (Å²) in [6.45, 7) is 0. The van der Waals surface area contributed by atoms with Crippen LogP contribution in [-0.2, 0) is 0 Å². The van der Waals surface area contributed by atoms with Crippen LogP contribution < -0.4 is 0 Å². The topological polar surface area (TPSA) is 13.1 Å². The molecule has 0 bridgehead atoms. The summed E-state index contributed by atoms with van der Waals surface area (Å²) in [4.78, 5) is 0. The largest absolute Gasteiger partial charge is 0.455 e. The second kappa shape index (κ2) is 12.0. The third kappa shape index (κ3) is 4.78. The van der Waals surface area contributed by atoms with Crippen LogP contribution in [0.5, 0.6) is 0 Å². The third-order valence-electron chi connectivity index (χ3n) is 9.74. The lowest BCUT2D eigenvalue weighted by molar-refractivity contribution is 0.633. The van der Waals surface area contributed by atoms with E-state index in [1.54, 1.807) is 0 Å². The van der Waals surface area contributed by atoms with Gasteiger partial charge in [0, 0.05) is 27.6 Å². The van der Waals surface area contributed by atoms with Crippen molar-refractivity contribution >= 4 is 43.3 Å². The average Bonchev–Trinajstić information content (AvgIpc) is 3.68. The summed E-state index contributed by atoms with van der Waals surface area (Å²) in [5.41, 5.74) is 6.39. The molecule has 0 saturated carbocycles. The van der Waals surface area contributed by atoms with E-state index in [9.17, 15) is 5.48 Å². The van der Waals surface area contributed by atoms with Crippen LogP contribution in [0.3, 0.4) is 0 Å². The Bertz CT molecular complexity index is 3250. The minimum atomic E-state index is -0.459. The molecular formula is C50H32O. The molecule has 1 heterocycles. The van der Waals surface area contributed by atoms with Gasteiger partial charge in [0.1, 0.15) is 11.3 Å². The number of para-hydroxylation sites is 1. The molecule has 0 spiro atoms. The quantitative estimate of drug-likeness (QED) is 0.168. The Morgan fingerprint density at radius 1 is 0.333 bits per heavy atom. The lowest BCUT2D eigenvalue weighted by atomic mass is 9.84. The van der Waals surface area contributed by atoms with Gasteiger partial charge in [0.25, 0.3) is 0 Å². The van der Waals surface area contributed by atoms with Crippen LogP contribution >= 0.6 is 0 Å². The number of rotatable bonds is 5. The van der Waals surface area contributed by atoms with Gasteiger partial charge >= 0.3 is 0 Å². The molecular weight excluding hydrogens is 617 g/mol. The van der Waals surface area contributed by atoms with Gasteiger partial charge in [-0.15, -0.1) is 0 Å². The summed E-state index contributed by atoms with van der Waals surface area (Å²) >= 11 is 0. The summed E-state index contributed by atoms with van der Waals surface area (Å²) in [5, 5.41) is 3.25. The fraction of sp³-hybridized carbons (Fsp3) is 0. The van der Waals surface area contributed by atoms with Gasteiger partial charge in [0.2, 0.25) is 0 Å². The van der Waals surface area contributed by atoms with E-state index >= 15 is 0 Å². The van der Waals surface area contributed by atoms with E-state index in [2.05, 4.69) is 18.2 Å². The molecule has 0 saturated heterocycles. The van der Waals surface area contributed by atoms with Gasteiger partial charge in [-0.25, -0.2) is 0 Å².